The van der Waals surface area contributed by atoms with E-state index >= 15 is 0 Å². The van der Waals surface area contributed by atoms with Crippen molar-refractivity contribution in [2.45, 2.75) is 31.4 Å². The second-order valence-electron chi connectivity index (χ2n) is 4.97. The lowest BCUT2D eigenvalue weighted by molar-refractivity contribution is -0.136. The fourth-order valence-corrected chi connectivity index (χ4v) is 2.80. The molecule has 2 aliphatic rings. The van der Waals surface area contributed by atoms with Crippen LogP contribution in [-0.2, 0) is 9.53 Å². The van der Waals surface area contributed by atoms with E-state index in [1.54, 1.807) is 7.11 Å². The largest absolute Gasteiger partial charge is 0.380 e. The van der Waals surface area contributed by atoms with Crippen molar-refractivity contribution in [2.24, 2.45) is 5.73 Å². The van der Waals surface area contributed by atoms with Crippen molar-refractivity contribution in [3.63, 3.8) is 0 Å². The number of carbonyl (C=O) groups excluding carboxylic acids is 1. The number of methoxy groups -OCH3 is 1. The van der Waals surface area contributed by atoms with E-state index in [4.69, 9.17) is 10.5 Å². The number of nitrogens with zero attached hydrogens (tertiary/aromatic N) is 2. The predicted molar refractivity (Wildman–Crippen MR) is 80.1 cm³/mol. The molecule has 0 aromatic heterocycles. The smallest absolute Gasteiger partial charge is 0.225 e. The highest BCUT2D eigenvalue weighted by Crippen LogP contribution is 2.21. The summed E-state index contributed by atoms with van der Waals surface area (Å²) in [7, 11) is 1.61. The zero-order valence-electron chi connectivity index (χ0n) is 11.4. The van der Waals surface area contributed by atoms with Crippen molar-refractivity contribution in [1.82, 2.24) is 9.80 Å². The summed E-state index contributed by atoms with van der Waals surface area (Å²) in [5.74, 6) is 0.189. The number of piperazine rings is 1. The molecule has 2 heterocycles. The van der Waals surface area contributed by atoms with E-state index in [1.165, 1.54) is 19.4 Å². The monoisotopic (exact) mass is 313 g/mol. The van der Waals surface area contributed by atoms with Crippen molar-refractivity contribution in [3.8, 4) is 0 Å². The summed E-state index contributed by atoms with van der Waals surface area (Å²) in [5, 5.41) is 0. The van der Waals surface area contributed by atoms with Crippen molar-refractivity contribution < 1.29 is 9.53 Å². The molecule has 0 aromatic rings. The number of nitrogens with two attached hydrogens (primary N) is 1. The van der Waals surface area contributed by atoms with Gasteiger partial charge in [-0.2, -0.15) is 0 Å². The molecule has 2 N–H and O–H groups in total. The maximum absolute atomic E-state index is 12.1. The van der Waals surface area contributed by atoms with Crippen molar-refractivity contribution in [3.05, 3.63) is 0 Å². The Morgan fingerprint density at radius 1 is 1.37 bits per heavy atom. The van der Waals surface area contributed by atoms with Crippen LogP contribution in [0.2, 0.25) is 0 Å². The molecule has 114 valence electrons. The van der Waals surface area contributed by atoms with Gasteiger partial charge in [-0.3, -0.25) is 9.69 Å². The van der Waals surface area contributed by atoms with Crippen LogP contribution < -0.4 is 5.73 Å². The highest BCUT2D eigenvalue weighted by atomic mass is 35.5. The Bertz CT molecular complexity index is 278. The zero-order chi connectivity index (χ0) is 12.3. The van der Waals surface area contributed by atoms with Gasteiger partial charge in [-0.15, -0.1) is 24.8 Å². The number of halogens is 2. The van der Waals surface area contributed by atoms with Crippen LogP contribution in [0.4, 0.5) is 0 Å². The topological polar surface area (TPSA) is 58.8 Å². The van der Waals surface area contributed by atoms with Crippen molar-refractivity contribution >= 4 is 30.7 Å². The molecule has 0 aromatic carbocycles. The zero-order valence-corrected chi connectivity index (χ0v) is 13.0. The molecule has 2 atom stereocenters. The number of ether oxygens (including phenoxy) is 1. The first-order valence-corrected chi connectivity index (χ1v) is 6.49. The number of hydrogen-bond acceptors (Lipinski definition) is 4. The molecule has 0 spiro atoms. The lowest BCUT2D eigenvalue weighted by Crippen LogP contribution is -2.52. The number of hydrogen-bond donors (Lipinski definition) is 1. The molecule has 2 saturated heterocycles. The van der Waals surface area contributed by atoms with Gasteiger partial charge in [0.1, 0.15) is 0 Å². The van der Waals surface area contributed by atoms with Crippen molar-refractivity contribution in [1.29, 1.82) is 0 Å². The first-order chi connectivity index (χ1) is 8.24. The Morgan fingerprint density at radius 3 is 2.74 bits per heavy atom. The lowest BCUT2D eigenvalue weighted by Gasteiger charge is -2.37. The van der Waals surface area contributed by atoms with Gasteiger partial charge in [0.15, 0.2) is 0 Å². The predicted octanol–water partition coefficient (Wildman–Crippen LogP) is 0.500. The molecule has 2 rings (SSSR count). The van der Waals surface area contributed by atoms with E-state index in [-0.39, 0.29) is 36.8 Å². The summed E-state index contributed by atoms with van der Waals surface area (Å²) < 4.78 is 5.16. The first kappa shape index (κ1) is 18.9. The summed E-state index contributed by atoms with van der Waals surface area (Å²) in [5.41, 5.74) is 5.54. The molecule has 0 aliphatic carbocycles. The average molecular weight is 314 g/mol. The van der Waals surface area contributed by atoms with E-state index in [0.29, 0.717) is 19.0 Å². The van der Waals surface area contributed by atoms with Crippen LogP contribution >= 0.6 is 24.8 Å². The van der Waals surface area contributed by atoms with Gasteiger partial charge >= 0.3 is 0 Å². The van der Waals surface area contributed by atoms with Gasteiger partial charge in [0.05, 0.1) is 12.5 Å². The van der Waals surface area contributed by atoms with Gasteiger partial charge < -0.3 is 15.4 Å². The van der Waals surface area contributed by atoms with Gasteiger partial charge in [0.2, 0.25) is 5.91 Å². The minimum Gasteiger partial charge on any atom is -0.380 e. The molecular formula is C12H25Cl2N3O2. The Morgan fingerprint density at radius 2 is 2.11 bits per heavy atom. The van der Waals surface area contributed by atoms with E-state index in [0.717, 1.165) is 19.6 Å². The Balaban J connectivity index is 0.00000162. The summed E-state index contributed by atoms with van der Waals surface area (Å²) in [4.78, 5) is 16.6. The first-order valence-electron chi connectivity index (χ1n) is 6.49. The molecule has 0 saturated carbocycles. The van der Waals surface area contributed by atoms with Crippen LogP contribution in [0.5, 0.6) is 0 Å². The number of amides is 1. The van der Waals surface area contributed by atoms with Gasteiger partial charge in [-0.25, -0.2) is 0 Å². The number of rotatable bonds is 4. The SMILES string of the molecule is COC(CN)CC(=O)N1CCN2CCCC2C1.Cl.Cl. The van der Waals surface area contributed by atoms with Crippen LogP contribution in [0, 0.1) is 0 Å². The van der Waals surface area contributed by atoms with E-state index < -0.39 is 0 Å². The molecule has 2 aliphatic heterocycles. The summed E-state index contributed by atoms with van der Waals surface area (Å²) in [6, 6.07) is 0.589. The van der Waals surface area contributed by atoms with Gasteiger partial charge in [-0.05, 0) is 19.4 Å². The summed E-state index contributed by atoms with van der Waals surface area (Å²) in [6.07, 6.45) is 2.79. The van der Waals surface area contributed by atoms with Crippen LogP contribution in [-0.4, -0.2) is 67.7 Å². The number of carbonyl (C=O) groups is 1. The third-order valence-electron chi connectivity index (χ3n) is 3.94. The Kier molecular flexibility index (Phi) is 8.94. The quantitative estimate of drug-likeness (QED) is 0.821. The maximum atomic E-state index is 12.1. The molecular weight excluding hydrogens is 289 g/mol. The van der Waals surface area contributed by atoms with E-state index in [1.807, 2.05) is 4.90 Å². The fraction of sp³-hybridized carbons (Fsp3) is 0.917. The molecule has 2 unspecified atom stereocenters. The Hall–Kier alpha value is -0.0700. The lowest BCUT2D eigenvalue weighted by atomic mass is 10.1. The summed E-state index contributed by atoms with van der Waals surface area (Å²) in [6.45, 7) is 4.38. The second kappa shape index (κ2) is 8.97. The highest BCUT2D eigenvalue weighted by molar-refractivity contribution is 5.85. The van der Waals surface area contributed by atoms with E-state index in [9.17, 15) is 4.79 Å². The molecule has 1 amide bonds. The minimum atomic E-state index is -0.135. The van der Waals surface area contributed by atoms with Gasteiger partial charge in [0.25, 0.3) is 0 Å². The summed E-state index contributed by atoms with van der Waals surface area (Å²) >= 11 is 0. The van der Waals surface area contributed by atoms with Crippen LogP contribution in [0.15, 0.2) is 0 Å². The average Bonchev–Trinajstić information content (AvgIpc) is 2.82. The normalized spacial score (nSPS) is 24.1. The molecule has 2 fully saturated rings. The second-order valence-corrected chi connectivity index (χ2v) is 4.97. The van der Waals surface area contributed by atoms with Gasteiger partial charge in [0, 0.05) is 39.3 Å². The Labute approximate surface area is 127 Å². The van der Waals surface area contributed by atoms with Crippen molar-refractivity contribution in [2.75, 3.05) is 39.8 Å². The molecule has 0 radical (unpaired) electrons. The van der Waals surface area contributed by atoms with Crippen LogP contribution in [0.25, 0.3) is 0 Å². The van der Waals surface area contributed by atoms with E-state index in [2.05, 4.69) is 4.90 Å². The molecule has 5 nitrogen and oxygen atoms in total. The molecule has 0 bridgehead atoms. The molecule has 7 heteroatoms. The third-order valence-corrected chi connectivity index (χ3v) is 3.94. The molecule has 19 heavy (non-hydrogen) atoms. The van der Waals surface area contributed by atoms with Crippen LogP contribution in [0.3, 0.4) is 0 Å². The fourth-order valence-electron chi connectivity index (χ4n) is 2.80. The number of fused-ring (bicyclic) bond motifs is 1. The third kappa shape index (κ3) is 4.76. The minimum absolute atomic E-state index is 0. The van der Waals surface area contributed by atoms with Gasteiger partial charge in [-0.1, -0.05) is 0 Å². The standard InChI is InChI=1S/C12H23N3O2.2ClH/c1-17-11(8-13)7-12(16)15-6-5-14-4-2-3-10(14)9-15;;/h10-11H,2-9,13H2,1H3;2*1H. The maximum Gasteiger partial charge on any atom is 0.225 e. The highest BCUT2D eigenvalue weighted by Gasteiger charge is 2.32. The van der Waals surface area contributed by atoms with Crippen LogP contribution in [0.1, 0.15) is 19.3 Å².